The molecule has 2 aliphatic carbocycles. The van der Waals surface area contributed by atoms with Gasteiger partial charge in [0.2, 0.25) is 0 Å². The topological polar surface area (TPSA) is 15.3 Å². The lowest BCUT2D eigenvalue weighted by atomic mass is 9.76. The predicted molar refractivity (Wildman–Crippen MR) is 86.0 cm³/mol. The van der Waals surface area contributed by atoms with Crippen molar-refractivity contribution >= 4 is 0 Å². The lowest BCUT2D eigenvalue weighted by Crippen LogP contribution is -2.70. The largest absolute Gasteiger partial charge is 0.308 e. The third-order valence-electron chi connectivity index (χ3n) is 6.53. The quantitative estimate of drug-likeness (QED) is 0.841. The van der Waals surface area contributed by atoms with E-state index >= 15 is 0 Å². The van der Waals surface area contributed by atoms with Gasteiger partial charge in [-0.1, -0.05) is 52.4 Å². The molecule has 2 nitrogen and oxygen atoms in total. The van der Waals surface area contributed by atoms with Gasteiger partial charge in [0, 0.05) is 30.7 Å². The second-order valence-electron chi connectivity index (χ2n) is 8.02. The lowest BCUT2D eigenvalue weighted by molar-refractivity contribution is -0.0145. The minimum absolute atomic E-state index is 0.472. The van der Waals surface area contributed by atoms with Crippen LogP contribution in [0.2, 0.25) is 0 Å². The minimum atomic E-state index is 0.472. The molecule has 1 N–H and O–H groups in total. The predicted octanol–water partition coefficient (Wildman–Crippen LogP) is 3.95. The maximum Gasteiger partial charge on any atom is 0.0335 e. The van der Waals surface area contributed by atoms with E-state index in [0.717, 1.165) is 5.92 Å². The van der Waals surface area contributed by atoms with Gasteiger partial charge in [-0.2, -0.15) is 0 Å². The summed E-state index contributed by atoms with van der Waals surface area (Å²) in [5.41, 5.74) is 0.992. The minimum Gasteiger partial charge on any atom is -0.308 e. The van der Waals surface area contributed by atoms with Crippen molar-refractivity contribution in [3.63, 3.8) is 0 Å². The van der Waals surface area contributed by atoms with Crippen molar-refractivity contribution < 1.29 is 0 Å². The van der Waals surface area contributed by atoms with Gasteiger partial charge >= 0.3 is 0 Å². The Morgan fingerprint density at radius 3 is 2.30 bits per heavy atom. The van der Waals surface area contributed by atoms with Gasteiger partial charge in [-0.25, -0.2) is 0 Å². The Morgan fingerprint density at radius 1 is 1.00 bits per heavy atom. The Balaban J connectivity index is 1.74. The smallest absolute Gasteiger partial charge is 0.0335 e. The van der Waals surface area contributed by atoms with Gasteiger partial charge in [0.05, 0.1) is 0 Å². The molecule has 1 atom stereocenters. The average molecular weight is 278 g/mol. The second-order valence-corrected chi connectivity index (χ2v) is 8.02. The van der Waals surface area contributed by atoms with Gasteiger partial charge in [0.15, 0.2) is 0 Å². The van der Waals surface area contributed by atoms with Gasteiger partial charge < -0.3 is 5.32 Å². The zero-order valence-electron chi connectivity index (χ0n) is 13.7. The molecule has 116 valence electrons. The Hall–Kier alpha value is -0.0800. The molecule has 2 saturated carbocycles. The fraction of sp³-hybridized carbons (Fsp3) is 1.00. The fourth-order valence-electron chi connectivity index (χ4n) is 4.91. The summed E-state index contributed by atoms with van der Waals surface area (Å²) < 4.78 is 0. The number of hydrogen-bond donors (Lipinski definition) is 1. The van der Waals surface area contributed by atoms with E-state index in [0.29, 0.717) is 11.1 Å². The molecule has 0 bridgehead atoms. The van der Waals surface area contributed by atoms with Crippen LogP contribution in [0.5, 0.6) is 0 Å². The van der Waals surface area contributed by atoms with Gasteiger partial charge in [-0.05, 0) is 31.6 Å². The van der Waals surface area contributed by atoms with Crippen molar-refractivity contribution in [1.82, 2.24) is 10.2 Å². The molecular weight excluding hydrogens is 244 g/mol. The monoisotopic (exact) mass is 278 g/mol. The third kappa shape index (κ3) is 2.78. The highest BCUT2D eigenvalue weighted by atomic mass is 15.3. The number of nitrogens with one attached hydrogen (secondary N) is 1. The van der Waals surface area contributed by atoms with Crippen molar-refractivity contribution in [1.29, 1.82) is 0 Å². The first-order valence-corrected chi connectivity index (χ1v) is 9.18. The Labute approximate surface area is 125 Å². The van der Waals surface area contributed by atoms with Gasteiger partial charge in [0.25, 0.3) is 0 Å². The van der Waals surface area contributed by atoms with E-state index in [2.05, 4.69) is 24.1 Å². The van der Waals surface area contributed by atoms with Gasteiger partial charge in [0.1, 0.15) is 0 Å². The molecule has 0 aromatic rings. The molecule has 3 rings (SSSR count). The molecule has 1 saturated heterocycles. The molecule has 2 spiro atoms. The molecule has 0 radical (unpaired) electrons. The molecule has 2 heteroatoms. The summed E-state index contributed by atoms with van der Waals surface area (Å²) in [4.78, 5) is 2.94. The molecule has 0 aromatic carbocycles. The summed E-state index contributed by atoms with van der Waals surface area (Å²) in [6.45, 7) is 8.73. The van der Waals surface area contributed by atoms with Crippen LogP contribution in [-0.2, 0) is 0 Å². The second kappa shape index (κ2) is 5.96. The van der Waals surface area contributed by atoms with Crippen LogP contribution >= 0.6 is 0 Å². The van der Waals surface area contributed by atoms with E-state index in [-0.39, 0.29) is 0 Å². The van der Waals surface area contributed by atoms with E-state index in [1.165, 1.54) is 83.8 Å². The standard InChI is InChI=1S/C18H34N2/c1-3-16(2)13-20-15-17(9-5-4-6-10-17)19-14-18(20)11-7-8-12-18/h16,19H,3-15H2,1-2H3. The van der Waals surface area contributed by atoms with Crippen molar-refractivity contribution in [3.8, 4) is 0 Å². The summed E-state index contributed by atoms with van der Waals surface area (Å²) in [6, 6.07) is 0. The first-order valence-electron chi connectivity index (χ1n) is 9.18. The molecule has 1 unspecified atom stereocenters. The highest BCUT2D eigenvalue weighted by Gasteiger charge is 2.48. The fourth-order valence-corrected chi connectivity index (χ4v) is 4.91. The normalized spacial score (nSPS) is 30.9. The highest BCUT2D eigenvalue weighted by Crippen LogP contribution is 2.42. The third-order valence-corrected chi connectivity index (χ3v) is 6.53. The van der Waals surface area contributed by atoms with Crippen LogP contribution in [0.4, 0.5) is 0 Å². The maximum atomic E-state index is 4.05. The Kier molecular flexibility index (Phi) is 4.42. The molecule has 1 heterocycles. The Morgan fingerprint density at radius 2 is 1.65 bits per heavy atom. The highest BCUT2D eigenvalue weighted by molar-refractivity contribution is 5.08. The molecular formula is C18H34N2. The number of nitrogens with zero attached hydrogens (tertiary/aromatic N) is 1. The van der Waals surface area contributed by atoms with Crippen LogP contribution in [0.3, 0.4) is 0 Å². The number of piperazine rings is 1. The van der Waals surface area contributed by atoms with Crippen LogP contribution in [0.25, 0.3) is 0 Å². The molecule has 20 heavy (non-hydrogen) atoms. The molecule has 3 fully saturated rings. The maximum absolute atomic E-state index is 4.05. The van der Waals surface area contributed by atoms with Gasteiger partial charge in [-0.15, -0.1) is 0 Å². The molecule has 1 aliphatic heterocycles. The Bertz CT molecular complexity index is 313. The first kappa shape index (κ1) is 14.8. The summed E-state index contributed by atoms with van der Waals surface area (Å²) >= 11 is 0. The number of rotatable bonds is 3. The summed E-state index contributed by atoms with van der Waals surface area (Å²) in [5, 5.41) is 4.05. The summed E-state index contributed by atoms with van der Waals surface area (Å²) in [6.07, 6.45) is 14.3. The number of hydrogen-bond acceptors (Lipinski definition) is 2. The van der Waals surface area contributed by atoms with Crippen molar-refractivity contribution in [2.45, 2.75) is 89.1 Å². The van der Waals surface area contributed by atoms with Crippen LogP contribution in [0.1, 0.15) is 78.1 Å². The van der Waals surface area contributed by atoms with E-state index in [4.69, 9.17) is 0 Å². The molecule has 0 amide bonds. The lowest BCUT2D eigenvalue weighted by Gasteiger charge is -2.55. The van der Waals surface area contributed by atoms with Crippen molar-refractivity contribution in [3.05, 3.63) is 0 Å². The summed E-state index contributed by atoms with van der Waals surface area (Å²) in [5.74, 6) is 0.853. The molecule has 3 aliphatic rings. The average Bonchev–Trinajstić information content (AvgIpc) is 2.94. The van der Waals surface area contributed by atoms with Crippen LogP contribution in [0.15, 0.2) is 0 Å². The van der Waals surface area contributed by atoms with E-state index < -0.39 is 0 Å². The summed E-state index contributed by atoms with van der Waals surface area (Å²) in [7, 11) is 0. The van der Waals surface area contributed by atoms with E-state index in [1.54, 1.807) is 0 Å². The zero-order chi connectivity index (χ0) is 14.1. The van der Waals surface area contributed by atoms with Gasteiger partial charge in [-0.3, -0.25) is 4.90 Å². The first-order chi connectivity index (χ1) is 9.68. The van der Waals surface area contributed by atoms with Crippen molar-refractivity contribution in [2.75, 3.05) is 19.6 Å². The van der Waals surface area contributed by atoms with E-state index in [9.17, 15) is 0 Å². The zero-order valence-corrected chi connectivity index (χ0v) is 13.7. The molecule has 0 aromatic heterocycles. The van der Waals surface area contributed by atoms with Crippen molar-refractivity contribution in [2.24, 2.45) is 5.92 Å². The SMILES string of the molecule is CCC(C)CN1CC2(CCCCC2)NCC12CCCC2. The van der Waals surface area contributed by atoms with Crippen LogP contribution < -0.4 is 5.32 Å². The van der Waals surface area contributed by atoms with Crippen LogP contribution in [-0.4, -0.2) is 35.6 Å². The van der Waals surface area contributed by atoms with E-state index in [1.807, 2.05) is 0 Å². The van der Waals surface area contributed by atoms with Crippen LogP contribution in [0, 0.1) is 5.92 Å².